The van der Waals surface area contributed by atoms with Crippen LogP contribution in [0.4, 0.5) is 8.78 Å². The third-order valence-electron chi connectivity index (χ3n) is 4.62. The van der Waals surface area contributed by atoms with Gasteiger partial charge in [-0.15, -0.1) is 0 Å². The zero-order valence-corrected chi connectivity index (χ0v) is 12.8. The molecule has 2 aromatic rings. The minimum absolute atomic E-state index is 0.0520. The van der Waals surface area contributed by atoms with E-state index in [0.717, 1.165) is 19.5 Å². The number of hydrogen-bond donors (Lipinski definition) is 1. The van der Waals surface area contributed by atoms with E-state index in [1.165, 1.54) is 24.9 Å². The lowest BCUT2D eigenvalue weighted by molar-refractivity contribution is 0.0878. The number of halogens is 2. The van der Waals surface area contributed by atoms with Crippen LogP contribution in [0.5, 0.6) is 0 Å². The normalized spacial score (nSPS) is 25.0. The number of aromatic nitrogens is 1. The predicted octanol–water partition coefficient (Wildman–Crippen LogP) is 2.23. The van der Waals surface area contributed by atoms with Crippen molar-refractivity contribution in [2.75, 3.05) is 13.1 Å². The summed E-state index contributed by atoms with van der Waals surface area (Å²) in [5.74, 6) is 4.55. The number of carbonyl (C=O) groups excluding carboxylic acids is 1. The van der Waals surface area contributed by atoms with Crippen molar-refractivity contribution in [1.29, 1.82) is 0 Å². The second-order valence-electron chi connectivity index (χ2n) is 6.16. The summed E-state index contributed by atoms with van der Waals surface area (Å²) >= 11 is 0. The summed E-state index contributed by atoms with van der Waals surface area (Å²) in [6, 6.07) is 1.53. The summed E-state index contributed by atoms with van der Waals surface area (Å²) in [5.41, 5.74) is 0.965. The molecule has 1 amide bonds. The number of fused-ring (bicyclic) bond motifs is 3. The van der Waals surface area contributed by atoms with Crippen LogP contribution in [0.25, 0.3) is 11.0 Å². The van der Waals surface area contributed by atoms with Crippen molar-refractivity contribution < 1.29 is 18.0 Å². The highest BCUT2D eigenvalue weighted by Crippen LogP contribution is 2.31. The summed E-state index contributed by atoms with van der Waals surface area (Å²) in [5, 5.41) is 3.50. The number of nitrogens with one attached hydrogen (secondary N) is 1. The number of hydrogen-bond acceptors (Lipinski definition) is 4. The van der Waals surface area contributed by atoms with Crippen LogP contribution in [-0.2, 0) is 0 Å². The van der Waals surface area contributed by atoms with Gasteiger partial charge in [0.2, 0.25) is 0 Å². The molecule has 2 aromatic heterocycles. The van der Waals surface area contributed by atoms with E-state index in [1.807, 2.05) is 0 Å². The highest BCUT2D eigenvalue weighted by atomic mass is 19.3. The van der Waals surface area contributed by atoms with Crippen LogP contribution in [0.3, 0.4) is 0 Å². The molecule has 3 atom stereocenters. The van der Waals surface area contributed by atoms with Crippen molar-refractivity contribution in [2.45, 2.75) is 25.4 Å². The van der Waals surface area contributed by atoms with Gasteiger partial charge in [0, 0.05) is 18.5 Å². The van der Waals surface area contributed by atoms with E-state index < -0.39 is 6.43 Å². The molecule has 4 rings (SSSR count). The number of amides is 1. The lowest BCUT2D eigenvalue weighted by Gasteiger charge is -2.25. The van der Waals surface area contributed by atoms with Gasteiger partial charge < -0.3 is 9.73 Å². The van der Waals surface area contributed by atoms with Gasteiger partial charge in [-0.2, -0.15) is 8.78 Å². The third kappa shape index (κ3) is 2.74. The smallest absolute Gasteiger partial charge is 0.299 e. The zero-order chi connectivity index (χ0) is 16.7. The highest BCUT2D eigenvalue weighted by Gasteiger charge is 2.38. The molecule has 7 heteroatoms. The molecule has 124 valence electrons. The van der Waals surface area contributed by atoms with Crippen LogP contribution in [-0.4, -0.2) is 41.5 Å². The van der Waals surface area contributed by atoms with Crippen molar-refractivity contribution in [3.8, 4) is 11.8 Å². The molecule has 1 N–H and O–H groups in total. The minimum atomic E-state index is -2.72. The molecular weight excluding hydrogens is 316 g/mol. The maximum atomic E-state index is 12.4. The quantitative estimate of drug-likeness (QED) is 0.858. The molecule has 2 fully saturated rings. The molecule has 2 aliphatic rings. The van der Waals surface area contributed by atoms with Crippen molar-refractivity contribution in [1.82, 2.24) is 15.2 Å². The zero-order valence-electron chi connectivity index (χ0n) is 12.8. The lowest BCUT2D eigenvalue weighted by atomic mass is 10.0. The molecule has 2 bridgehead atoms. The van der Waals surface area contributed by atoms with E-state index in [1.54, 1.807) is 5.92 Å². The van der Waals surface area contributed by atoms with Gasteiger partial charge >= 0.3 is 0 Å². The molecule has 24 heavy (non-hydrogen) atoms. The topological polar surface area (TPSA) is 58.4 Å². The van der Waals surface area contributed by atoms with Crippen LogP contribution >= 0.6 is 0 Å². The Morgan fingerprint density at radius 1 is 1.50 bits per heavy atom. The predicted molar refractivity (Wildman–Crippen MR) is 82.4 cm³/mol. The molecule has 0 aliphatic carbocycles. The molecular formula is C17H15F2N3O2. The minimum Gasteiger partial charge on any atom is -0.461 e. The number of alkyl halides is 2. The summed E-state index contributed by atoms with van der Waals surface area (Å²) in [4.78, 5) is 18.8. The molecule has 2 saturated heterocycles. The SMILES string of the molecule is O=C(NC1CC2CCN1C2)c1cc2c(C#CC(F)F)coc2cn1. The van der Waals surface area contributed by atoms with Crippen molar-refractivity contribution in [3.63, 3.8) is 0 Å². The van der Waals surface area contributed by atoms with Gasteiger partial charge in [-0.05, 0) is 30.7 Å². The summed E-state index contributed by atoms with van der Waals surface area (Å²) in [6.45, 7) is 2.05. The molecule has 0 saturated carbocycles. The third-order valence-corrected chi connectivity index (χ3v) is 4.62. The Morgan fingerprint density at radius 3 is 3.08 bits per heavy atom. The summed E-state index contributed by atoms with van der Waals surface area (Å²) in [6.07, 6.45) is 2.20. The molecule has 5 nitrogen and oxygen atoms in total. The van der Waals surface area contributed by atoms with Crippen LogP contribution in [0.2, 0.25) is 0 Å². The lowest BCUT2D eigenvalue weighted by Crippen LogP contribution is -2.45. The van der Waals surface area contributed by atoms with Gasteiger partial charge in [-0.3, -0.25) is 9.69 Å². The van der Waals surface area contributed by atoms with Gasteiger partial charge in [-0.1, -0.05) is 5.92 Å². The molecule has 0 radical (unpaired) electrons. The van der Waals surface area contributed by atoms with Crippen LogP contribution in [0.1, 0.15) is 28.9 Å². The van der Waals surface area contributed by atoms with E-state index in [4.69, 9.17) is 4.42 Å². The van der Waals surface area contributed by atoms with Gasteiger partial charge in [0.15, 0.2) is 5.58 Å². The monoisotopic (exact) mass is 331 g/mol. The Hall–Kier alpha value is -2.46. The van der Waals surface area contributed by atoms with Crippen LogP contribution in [0.15, 0.2) is 22.9 Å². The van der Waals surface area contributed by atoms with Crippen molar-refractivity contribution in [3.05, 3.63) is 29.8 Å². The van der Waals surface area contributed by atoms with Crippen LogP contribution < -0.4 is 5.32 Å². The first kappa shape index (κ1) is 15.1. The fourth-order valence-electron chi connectivity index (χ4n) is 3.46. The number of piperidine rings is 1. The molecule has 0 spiro atoms. The maximum Gasteiger partial charge on any atom is 0.299 e. The summed E-state index contributed by atoms with van der Waals surface area (Å²) < 4.78 is 29.7. The maximum absolute atomic E-state index is 12.4. The molecule has 0 aromatic carbocycles. The van der Waals surface area contributed by atoms with Gasteiger partial charge in [0.25, 0.3) is 12.3 Å². The Bertz CT molecular complexity index is 852. The van der Waals surface area contributed by atoms with E-state index >= 15 is 0 Å². The Kier molecular flexibility index (Phi) is 3.69. The average molecular weight is 331 g/mol. The molecule has 4 heterocycles. The summed E-state index contributed by atoms with van der Waals surface area (Å²) in [7, 11) is 0. The Labute approximate surface area is 137 Å². The van der Waals surface area contributed by atoms with Gasteiger partial charge in [-0.25, -0.2) is 4.98 Å². The second kappa shape index (κ2) is 5.87. The molecule has 3 unspecified atom stereocenters. The molecule has 2 aliphatic heterocycles. The Morgan fingerprint density at radius 2 is 2.38 bits per heavy atom. The first-order chi connectivity index (χ1) is 11.6. The number of furan rings is 1. The fourth-order valence-corrected chi connectivity index (χ4v) is 3.46. The first-order valence-electron chi connectivity index (χ1n) is 7.82. The number of carbonyl (C=O) groups is 1. The average Bonchev–Trinajstić information content (AvgIpc) is 3.27. The fraction of sp³-hybridized carbons (Fsp3) is 0.412. The van der Waals surface area contributed by atoms with Crippen molar-refractivity contribution in [2.24, 2.45) is 5.92 Å². The number of rotatable bonds is 2. The van der Waals surface area contributed by atoms with Crippen molar-refractivity contribution >= 4 is 16.9 Å². The van der Waals surface area contributed by atoms with Gasteiger partial charge in [0.1, 0.15) is 12.0 Å². The highest BCUT2D eigenvalue weighted by molar-refractivity contribution is 5.96. The first-order valence-corrected chi connectivity index (χ1v) is 7.82. The van der Waals surface area contributed by atoms with E-state index in [2.05, 4.69) is 21.1 Å². The van der Waals surface area contributed by atoms with Crippen LogP contribution in [0, 0.1) is 17.8 Å². The largest absolute Gasteiger partial charge is 0.461 e. The Balaban J connectivity index is 1.56. The number of nitrogens with zero attached hydrogens (tertiary/aromatic N) is 2. The standard InChI is InChI=1S/C17H15F2N3O2/c18-15(19)2-1-11-9-24-14-7-20-13(6-12(11)14)17(23)21-16-5-10-3-4-22(16)8-10/h6-7,9-10,15-16H,3-5,8H2,(H,21,23). The van der Waals surface area contributed by atoms with E-state index in [-0.39, 0.29) is 17.8 Å². The van der Waals surface area contributed by atoms with E-state index in [9.17, 15) is 13.6 Å². The van der Waals surface area contributed by atoms with Gasteiger partial charge in [0.05, 0.1) is 17.9 Å². The second-order valence-corrected chi connectivity index (χ2v) is 6.16. The number of pyridine rings is 1. The van der Waals surface area contributed by atoms with E-state index in [0.29, 0.717) is 22.5 Å².